The lowest BCUT2D eigenvalue weighted by molar-refractivity contribution is 0.0754. The topological polar surface area (TPSA) is 52.2 Å². The average molecular weight is 302 g/mol. The fourth-order valence-electron chi connectivity index (χ4n) is 3.47. The molecule has 1 unspecified atom stereocenters. The standard InChI is InChI=1S/C17H26N4O/c1-14-16(19-13-18-14)17(22)21-9-5-8-20(10-11-21)12-15-6-3-2-4-7-15/h2-3,13,15H,4-12H2,1H3,(H,18,19). The maximum Gasteiger partial charge on any atom is 0.274 e. The van der Waals surface area contributed by atoms with Gasteiger partial charge >= 0.3 is 0 Å². The molecule has 1 aromatic rings. The van der Waals surface area contributed by atoms with E-state index in [1.165, 1.54) is 25.8 Å². The molecule has 0 bridgehead atoms. The van der Waals surface area contributed by atoms with Gasteiger partial charge in [-0.05, 0) is 45.1 Å². The third-order valence-corrected chi connectivity index (χ3v) is 4.80. The maximum absolute atomic E-state index is 12.5. The maximum atomic E-state index is 12.5. The van der Waals surface area contributed by atoms with E-state index in [4.69, 9.17) is 0 Å². The molecule has 2 heterocycles. The van der Waals surface area contributed by atoms with Crippen LogP contribution in [-0.2, 0) is 0 Å². The molecule has 1 saturated heterocycles. The molecule has 0 spiro atoms. The lowest BCUT2D eigenvalue weighted by Gasteiger charge is -2.27. The van der Waals surface area contributed by atoms with E-state index in [1.807, 2.05) is 11.8 Å². The molecule has 1 aliphatic carbocycles. The second kappa shape index (κ2) is 7.09. The fraction of sp³-hybridized carbons (Fsp3) is 0.647. The second-order valence-electron chi connectivity index (χ2n) is 6.47. The number of nitrogens with zero attached hydrogens (tertiary/aromatic N) is 3. The lowest BCUT2D eigenvalue weighted by Crippen LogP contribution is -2.37. The molecule has 0 aromatic carbocycles. The van der Waals surface area contributed by atoms with Crippen molar-refractivity contribution in [1.82, 2.24) is 19.8 Å². The Morgan fingerprint density at radius 1 is 1.32 bits per heavy atom. The minimum Gasteiger partial charge on any atom is -0.348 e. The van der Waals surface area contributed by atoms with Crippen molar-refractivity contribution in [2.45, 2.75) is 32.6 Å². The Morgan fingerprint density at radius 3 is 2.95 bits per heavy atom. The molecule has 1 fully saturated rings. The summed E-state index contributed by atoms with van der Waals surface area (Å²) in [6.07, 6.45) is 11.0. The van der Waals surface area contributed by atoms with Crippen LogP contribution in [0.5, 0.6) is 0 Å². The van der Waals surface area contributed by atoms with Crippen LogP contribution in [0.3, 0.4) is 0 Å². The Morgan fingerprint density at radius 2 is 2.23 bits per heavy atom. The Hall–Kier alpha value is -1.62. The van der Waals surface area contributed by atoms with Crippen LogP contribution in [0.2, 0.25) is 0 Å². The first-order chi connectivity index (χ1) is 10.7. The van der Waals surface area contributed by atoms with Gasteiger partial charge in [-0.2, -0.15) is 0 Å². The van der Waals surface area contributed by atoms with E-state index < -0.39 is 0 Å². The molecule has 120 valence electrons. The first-order valence-electron chi connectivity index (χ1n) is 8.40. The molecule has 1 N–H and O–H groups in total. The number of hydrogen-bond acceptors (Lipinski definition) is 3. The zero-order valence-corrected chi connectivity index (χ0v) is 13.4. The molecule has 5 nitrogen and oxygen atoms in total. The van der Waals surface area contributed by atoms with E-state index >= 15 is 0 Å². The predicted molar refractivity (Wildman–Crippen MR) is 86.8 cm³/mol. The van der Waals surface area contributed by atoms with Gasteiger partial charge in [-0.1, -0.05) is 12.2 Å². The Balaban J connectivity index is 1.54. The predicted octanol–water partition coefficient (Wildman–Crippen LogP) is 2.22. The monoisotopic (exact) mass is 302 g/mol. The Kier molecular flexibility index (Phi) is 4.93. The first-order valence-corrected chi connectivity index (χ1v) is 8.40. The molecule has 2 aliphatic rings. The van der Waals surface area contributed by atoms with Crippen molar-refractivity contribution in [3.8, 4) is 0 Å². The van der Waals surface area contributed by atoms with E-state index in [0.29, 0.717) is 5.69 Å². The normalized spacial score (nSPS) is 23.5. The minimum absolute atomic E-state index is 0.0706. The van der Waals surface area contributed by atoms with E-state index in [-0.39, 0.29) is 5.91 Å². The molecule has 5 heteroatoms. The molecule has 1 amide bonds. The molecule has 0 saturated carbocycles. The molecule has 0 radical (unpaired) electrons. The number of carbonyl (C=O) groups is 1. The summed E-state index contributed by atoms with van der Waals surface area (Å²) in [7, 11) is 0. The van der Waals surface area contributed by atoms with Crippen LogP contribution in [0.25, 0.3) is 0 Å². The SMILES string of the molecule is Cc1[nH]cnc1C(=O)N1CCCN(CC2CC=CCC2)CC1. The number of aromatic nitrogens is 2. The van der Waals surface area contributed by atoms with Gasteiger partial charge in [-0.3, -0.25) is 4.79 Å². The van der Waals surface area contributed by atoms with Gasteiger partial charge in [0.25, 0.3) is 5.91 Å². The number of rotatable bonds is 3. The smallest absolute Gasteiger partial charge is 0.274 e. The van der Waals surface area contributed by atoms with Gasteiger partial charge in [0.2, 0.25) is 0 Å². The van der Waals surface area contributed by atoms with Crippen molar-refractivity contribution in [3.05, 3.63) is 29.9 Å². The molecule has 22 heavy (non-hydrogen) atoms. The van der Waals surface area contributed by atoms with Crippen molar-refractivity contribution in [3.63, 3.8) is 0 Å². The van der Waals surface area contributed by atoms with Crippen LogP contribution in [0.1, 0.15) is 41.9 Å². The van der Waals surface area contributed by atoms with E-state index in [2.05, 4.69) is 27.0 Å². The fourth-order valence-corrected chi connectivity index (χ4v) is 3.47. The van der Waals surface area contributed by atoms with E-state index in [9.17, 15) is 4.79 Å². The number of imidazole rings is 1. The summed E-state index contributed by atoms with van der Waals surface area (Å²) in [5.41, 5.74) is 1.44. The molecule has 3 rings (SSSR count). The summed E-state index contributed by atoms with van der Waals surface area (Å²) in [4.78, 5) is 24.2. The van der Waals surface area contributed by atoms with Crippen LogP contribution >= 0.6 is 0 Å². The summed E-state index contributed by atoms with van der Waals surface area (Å²) in [6, 6.07) is 0. The van der Waals surface area contributed by atoms with Gasteiger partial charge in [-0.15, -0.1) is 0 Å². The van der Waals surface area contributed by atoms with Gasteiger partial charge < -0.3 is 14.8 Å². The van der Waals surface area contributed by atoms with Gasteiger partial charge in [0, 0.05) is 31.9 Å². The lowest BCUT2D eigenvalue weighted by atomic mass is 9.94. The van der Waals surface area contributed by atoms with Crippen molar-refractivity contribution in [2.75, 3.05) is 32.7 Å². The Labute approximate surface area is 132 Å². The highest BCUT2D eigenvalue weighted by Gasteiger charge is 2.24. The third-order valence-electron chi connectivity index (χ3n) is 4.80. The van der Waals surface area contributed by atoms with Crippen LogP contribution in [-0.4, -0.2) is 58.4 Å². The number of H-pyrrole nitrogens is 1. The van der Waals surface area contributed by atoms with Gasteiger partial charge in [0.15, 0.2) is 0 Å². The number of allylic oxidation sites excluding steroid dienone is 2. The second-order valence-corrected chi connectivity index (χ2v) is 6.47. The summed E-state index contributed by atoms with van der Waals surface area (Å²) >= 11 is 0. The summed E-state index contributed by atoms with van der Waals surface area (Å²) < 4.78 is 0. The summed E-state index contributed by atoms with van der Waals surface area (Å²) in [5.74, 6) is 0.863. The van der Waals surface area contributed by atoms with Gasteiger partial charge in [0.1, 0.15) is 5.69 Å². The van der Waals surface area contributed by atoms with Crippen LogP contribution in [0.15, 0.2) is 18.5 Å². The van der Waals surface area contributed by atoms with Gasteiger partial charge in [0.05, 0.1) is 6.33 Å². The number of nitrogens with one attached hydrogen (secondary N) is 1. The quantitative estimate of drug-likeness (QED) is 0.871. The summed E-state index contributed by atoms with van der Waals surface area (Å²) in [6.45, 7) is 6.81. The van der Waals surface area contributed by atoms with Crippen LogP contribution < -0.4 is 0 Å². The third kappa shape index (κ3) is 3.58. The van der Waals surface area contributed by atoms with Gasteiger partial charge in [-0.25, -0.2) is 4.98 Å². The molecular weight excluding hydrogens is 276 g/mol. The highest BCUT2D eigenvalue weighted by atomic mass is 16.2. The van der Waals surface area contributed by atoms with Crippen molar-refractivity contribution in [2.24, 2.45) is 5.92 Å². The van der Waals surface area contributed by atoms with Crippen molar-refractivity contribution >= 4 is 5.91 Å². The van der Waals surface area contributed by atoms with Crippen LogP contribution in [0.4, 0.5) is 0 Å². The van der Waals surface area contributed by atoms with Crippen molar-refractivity contribution < 1.29 is 4.79 Å². The molecule has 1 aliphatic heterocycles. The minimum atomic E-state index is 0.0706. The number of amides is 1. The molecule has 1 aromatic heterocycles. The zero-order chi connectivity index (χ0) is 15.4. The largest absolute Gasteiger partial charge is 0.348 e. The Bertz CT molecular complexity index is 537. The molecular formula is C17H26N4O. The molecule has 1 atom stereocenters. The number of hydrogen-bond donors (Lipinski definition) is 1. The van der Waals surface area contributed by atoms with Crippen LogP contribution in [0, 0.1) is 12.8 Å². The number of carbonyl (C=O) groups excluding carboxylic acids is 1. The number of aromatic amines is 1. The highest BCUT2D eigenvalue weighted by Crippen LogP contribution is 2.20. The van der Waals surface area contributed by atoms with Crippen molar-refractivity contribution in [1.29, 1.82) is 0 Å². The first kappa shape index (κ1) is 15.3. The highest BCUT2D eigenvalue weighted by molar-refractivity contribution is 5.93. The average Bonchev–Trinajstić information content (AvgIpc) is 2.82. The zero-order valence-electron chi connectivity index (χ0n) is 13.4. The number of aryl methyl sites for hydroxylation is 1. The summed E-state index contributed by atoms with van der Waals surface area (Å²) in [5, 5.41) is 0. The van der Waals surface area contributed by atoms with E-state index in [0.717, 1.165) is 44.2 Å². The van der Waals surface area contributed by atoms with E-state index in [1.54, 1.807) is 6.33 Å².